The molecule has 0 bridgehead atoms. The van der Waals surface area contributed by atoms with Crippen molar-refractivity contribution in [3.63, 3.8) is 0 Å². The van der Waals surface area contributed by atoms with E-state index in [-0.39, 0.29) is 31.1 Å². The Bertz CT molecular complexity index is 1070. The van der Waals surface area contributed by atoms with Gasteiger partial charge in [-0.15, -0.1) is 0 Å². The van der Waals surface area contributed by atoms with Gasteiger partial charge in [-0.3, -0.25) is 14.4 Å². The average Bonchev–Trinajstić information content (AvgIpc) is 3.22. The molecule has 58 heavy (non-hydrogen) atoms. The molecule has 334 valence electrons. The predicted molar refractivity (Wildman–Crippen MR) is 247 cm³/mol. The van der Waals surface area contributed by atoms with Gasteiger partial charge >= 0.3 is 17.9 Å². The zero-order valence-corrected chi connectivity index (χ0v) is 38.0. The van der Waals surface area contributed by atoms with Crippen LogP contribution in [0, 0.1) is 0 Å². The van der Waals surface area contributed by atoms with Gasteiger partial charge in [0.2, 0.25) is 0 Å². The van der Waals surface area contributed by atoms with Gasteiger partial charge in [0.25, 0.3) is 0 Å². The predicted octanol–water partition coefficient (Wildman–Crippen LogP) is 15.7. The van der Waals surface area contributed by atoms with Crippen LogP contribution in [0.1, 0.15) is 233 Å². The highest BCUT2D eigenvalue weighted by atomic mass is 16.6. The van der Waals surface area contributed by atoms with E-state index < -0.39 is 6.10 Å². The molecular formula is C52H90O6. The van der Waals surface area contributed by atoms with Gasteiger partial charge in [0.1, 0.15) is 13.2 Å². The third-order valence-electron chi connectivity index (χ3n) is 10.2. The Morgan fingerprint density at radius 1 is 0.362 bits per heavy atom. The van der Waals surface area contributed by atoms with Gasteiger partial charge in [-0.25, -0.2) is 0 Å². The Kier molecular flexibility index (Phi) is 44.5. The lowest BCUT2D eigenvalue weighted by Gasteiger charge is -2.18. The summed E-state index contributed by atoms with van der Waals surface area (Å²) in [6.45, 7) is 6.38. The van der Waals surface area contributed by atoms with E-state index in [0.29, 0.717) is 19.3 Å². The standard InChI is InChI=1S/C52H90O6/c1-4-7-10-13-16-19-22-25-27-30-33-36-39-42-45-51(54)57-48-49(47-56-50(53)44-41-38-35-32-29-24-21-18-15-12-9-6-3)58-52(55)46-43-40-37-34-31-28-26-23-20-17-14-11-8-5-2/h7,9-10,12,16,18-19,21,28,31,49H,4-6,8,11,13-15,17,20,22-27,29-30,32-48H2,1-3H3/b10-7-,12-9-,19-16-,21-18-,31-28-. The monoisotopic (exact) mass is 811 g/mol. The van der Waals surface area contributed by atoms with Crippen molar-refractivity contribution in [1.29, 1.82) is 0 Å². The number of rotatable bonds is 43. The summed E-state index contributed by atoms with van der Waals surface area (Å²) in [6, 6.07) is 0. The van der Waals surface area contributed by atoms with E-state index >= 15 is 0 Å². The van der Waals surface area contributed by atoms with Gasteiger partial charge in [0.05, 0.1) is 0 Å². The first-order chi connectivity index (χ1) is 28.5. The molecule has 0 aromatic heterocycles. The van der Waals surface area contributed by atoms with E-state index in [1.165, 1.54) is 70.6 Å². The lowest BCUT2D eigenvalue weighted by Crippen LogP contribution is -2.30. The van der Waals surface area contributed by atoms with Crippen molar-refractivity contribution in [3.8, 4) is 0 Å². The van der Waals surface area contributed by atoms with Crippen LogP contribution in [-0.4, -0.2) is 37.2 Å². The molecule has 1 atom stereocenters. The minimum Gasteiger partial charge on any atom is -0.462 e. The molecule has 6 heteroatoms. The summed E-state index contributed by atoms with van der Waals surface area (Å²) in [6.07, 6.45) is 56.3. The summed E-state index contributed by atoms with van der Waals surface area (Å²) in [4.78, 5) is 37.8. The van der Waals surface area contributed by atoms with Crippen molar-refractivity contribution in [2.45, 2.75) is 239 Å². The van der Waals surface area contributed by atoms with Crippen LogP contribution in [-0.2, 0) is 28.6 Å². The van der Waals surface area contributed by atoms with Crippen molar-refractivity contribution in [2.75, 3.05) is 13.2 Å². The molecule has 6 nitrogen and oxygen atoms in total. The number of hydrogen-bond acceptors (Lipinski definition) is 6. The maximum absolute atomic E-state index is 12.7. The fraction of sp³-hybridized carbons (Fsp3) is 0.750. The molecule has 0 aliphatic rings. The molecule has 0 aliphatic heterocycles. The Labute approximate surface area is 358 Å². The first-order valence-corrected chi connectivity index (χ1v) is 24.3. The Hall–Kier alpha value is -2.89. The molecule has 0 aliphatic carbocycles. The average molecular weight is 811 g/mol. The molecule has 0 aromatic carbocycles. The largest absolute Gasteiger partial charge is 0.462 e. The van der Waals surface area contributed by atoms with Crippen LogP contribution in [0.3, 0.4) is 0 Å². The van der Waals surface area contributed by atoms with E-state index in [1.807, 2.05) is 0 Å². The molecule has 0 radical (unpaired) electrons. The van der Waals surface area contributed by atoms with Gasteiger partial charge in [0.15, 0.2) is 6.10 Å². The Morgan fingerprint density at radius 2 is 0.672 bits per heavy atom. The van der Waals surface area contributed by atoms with E-state index in [9.17, 15) is 14.4 Å². The van der Waals surface area contributed by atoms with Crippen LogP contribution in [0.25, 0.3) is 0 Å². The Morgan fingerprint density at radius 3 is 1.07 bits per heavy atom. The van der Waals surface area contributed by atoms with Gasteiger partial charge in [-0.1, -0.05) is 178 Å². The van der Waals surface area contributed by atoms with Crippen molar-refractivity contribution >= 4 is 17.9 Å². The first-order valence-electron chi connectivity index (χ1n) is 24.3. The van der Waals surface area contributed by atoms with Gasteiger partial charge in [-0.05, 0) is 96.3 Å². The fourth-order valence-electron chi connectivity index (χ4n) is 6.63. The zero-order valence-electron chi connectivity index (χ0n) is 38.0. The molecule has 0 saturated heterocycles. The third-order valence-corrected chi connectivity index (χ3v) is 10.2. The zero-order chi connectivity index (χ0) is 42.3. The number of unbranched alkanes of at least 4 members (excludes halogenated alkanes) is 22. The maximum atomic E-state index is 12.7. The number of hydrogen-bond donors (Lipinski definition) is 0. The van der Waals surface area contributed by atoms with E-state index in [4.69, 9.17) is 14.2 Å². The summed E-state index contributed by atoms with van der Waals surface area (Å²) in [5.41, 5.74) is 0. The summed E-state index contributed by atoms with van der Waals surface area (Å²) < 4.78 is 16.7. The minimum atomic E-state index is -0.789. The van der Waals surface area contributed by atoms with Crippen molar-refractivity contribution in [3.05, 3.63) is 60.8 Å². The molecule has 1 unspecified atom stereocenters. The quantitative estimate of drug-likeness (QED) is 0.0264. The SMILES string of the molecule is CC/C=C\C/C=C\CCCCCCCCCC(=O)OCC(COC(=O)CCCCCCC/C=C\C/C=C\CC)OC(=O)CCCCC/C=C\CCCCCCCCC. The van der Waals surface area contributed by atoms with Crippen LogP contribution in [0.15, 0.2) is 60.8 Å². The van der Waals surface area contributed by atoms with Crippen molar-refractivity contribution in [1.82, 2.24) is 0 Å². The van der Waals surface area contributed by atoms with Gasteiger partial charge in [0, 0.05) is 19.3 Å². The second-order valence-electron chi connectivity index (χ2n) is 16.0. The van der Waals surface area contributed by atoms with Crippen molar-refractivity contribution < 1.29 is 28.6 Å². The molecule has 0 spiro atoms. The molecule has 0 rings (SSSR count). The summed E-state index contributed by atoms with van der Waals surface area (Å²) in [5, 5.41) is 0. The Balaban J connectivity index is 4.42. The lowest BCUT2D eigenvalue weighted by molar-refractivity contribution is -0.167. The van der Waals surface area contributed by atoms with Gasteiger partial charge in [-0.2, -0.15) is 0 Å². The minimum absolute atomic E-state index is 0.0892. The molecule has 0 N–H and O–H groups in total. The fourth-order valence-corrected chi connectivity index (χ4v) is 6.63. The van der Waals surface area contributed by atoms with Crippen LogP contribution in [0.5, 0.6) is 0 Å². The lowest BCUT2D eigenvalue weighted by atomic mass is 10.1. The molecular weight excluding hydrogens is 721 g/mol. The number of allylic oxidation sites excluding steroid dienone is 10. The number of carbonyl (C=O) groups excluding carboxylic acids is 3. The summed E-state index contributed by atoms with van der Waals surface area (Å²) in [5.74, 6) is -0.928. The van der Waals surface area contributed by atoms with Crippen LogP contribution >= 0.6 is 0 Å². The number of ether oxygens (including phenoxy) is 3. The maximum Gasteiger partial charge on any atom is 0.306 e. The normalized spacial score (nSPS) is 12.5. The molecule has 0 amide bonds. The third kappa shape index (κ3) is 44.2. The summed E-state index contributed by atoms with van der Waals surface area (Å²) in [7, 11) is 0. The van der Waals surface area contributed by atoms with Gasteiger partial charge < -0.3 is 14.2 Å². The second kappa shape index (κ2) is 46.8. The molecule has 0 heterocycles. The highest BCUT2D eigenvalue weighted by Gasteiger charge is 2.19. The van der Waals surface area contributed by atoms with Crippen molar-refractivity contribution in [2.24, 2.45) is 0 Å². The van der Waals surface area contributed by atoms with Crippen LogP contribution in [0.4, 0.5) is 0 Å². The first kappa shape index (κ1) is 55.1. The van der Waals surface area contributed by atoms with E-state index in [2.05, 4.69) is 81.5 Å². The van der Waals surface area contributed by atoms with E-state index in [1.54, 1.807) is 0 Å². The second-order valence-corrected chi connectivity index (χ2v) is 16.0. The van der Waals surface area contributed by atoms with Crippen LogP contribution < -0.4 is 0 Å². The number of esters is 3. The van der Waals surface area contributed by atoms with E-state index in [0.717, 1.165) is 122 Å². The summed E-state index contributed by atoms with van der Waals surface area (Å²) >= 11 is 0. The molecule has 0 aromatic rings. The van der Waals surface area contributed by atoms with Crippen LogP contribution in [0.2, 0.25) is 0 Å². The molecule has 0 saturated carbocycles. The topological polar surface area (TPSA) is 78.9 Å². The highest BCUT2D eigenvalue weighted by Crippen LogP contribution is 2.14. The molecule has 0 fully saturated rings. The smallest absolute Gasteiger partial charge is 0.306 e. The highest BCUT2D eigenvalue weighted by molar-refractivity contribution is 5.71. The number of carbonyl (C=O) groups is 3.